The van der Waals surface area contributed by atoms with E-state index >= 15 is 0 Å². The van der Waals surface area contributed by atoms with Crippen LogP contribution >= 0.6 is 0 Å². The zero-order valence-electron chi connectivity index (χ0n) is 17.2. The molecule has 2 aliphatic rings. The molecule has 1 aromatic rings. The lowest BCUT2D eigenvalue weighted by atomic mass is 9.85. The maximum absolute atomic E-state index is 13.6. The summed E-state index contributed by atoms with van der Waals surface area (Å²) in [5.74, 6) is 1.56. The Hall–Kier alpha value is -1.62. The lowest BCUT2D eigenvalue weighted by Crippen LogP contribution is -2.41. The summed E-state index contributed by atoms with van der Waals surface area (Å²) in [6.45, 7) is 13.8. The van der Waals surface area contributed by atoms with Gasteiger partial charge in [0.15, 0.2) is 5.96 Å². The normalized spacial score (nSPS) is 21.9. The minimum absolute atomic E-state index is 0.180. The van der Waals surface area contributed by atoms with E-state index in [1.807, 2.05) is 6.07 Å². The summed E-state index contributed by atoms with van der Waals surface area (Å²) in [5, 5.41) is 3.46. The Morgan fingerprint density at radius 3 is 2.74 bits per heavy atom. The van der Waals surface area contributed by atoms with E-state index in [9.17, 15) is 4.39 Å². The predicted octanol–water partition coefficient (Wildman–Crippen LogP) is 3.49. The average molecular weight is 375 g/mol. The molecule has 150 valence electrons. The molecular formula is C22H35FN4. The van der Waals surface area contributed by atoms with Gasteiger partial charge in [0.25, 0.3) is 0 Å². The SMILES string of the molecule is CCNC(=NCC(C)(C)c1cccc(F)c1)N1CCC(CN2CCCC2)C1. The Morgan fingerprint density at radius 1 is 1.26 bits per heavy atom. The molecule has 2 saturated heterocycles. The molecule has 1 aromatic carbocycles. The van der Waals surface area contributed by atoms with Crippen LogP contribution in [-0.4, -0.2) is 61.6 Å². The third-order valence-corrected chi connectivity index (χ3v) is 5.87. The second-order valence-corrected chi connectivity index (χ2v) is 8.67. The van der Waals surface area contributed by atoms with Gasteiger partial charge in [-0.1, -0.05) is 26.0 Å². The quantitative estimate of drug-likeness (QED) is 0.611. The Labute approximate surface area is 163 Å². The molecule has 0 aromatic heterocycles. The Kier molecular flexibility index (Phi) is 6.74. The Bertz CT molecular complexity index is 637. The fraction of sp³-hybridized carbons (Fsp3) is 0.682. The number of benzene rings is 1. The van der Waals surface area contributed by atoms with Crippen molar-refractivity contribution in [1.82, 2.24) is 15.1 Å². The molecule has 0 saturated carbocycles. The van der Waals surface area contributed by atoms with Gasteiger partial charge in [0, 0.05) is 31.6 Å². The van der Waals surface area contributed by atoms with Crippen LogP contribution in [0.2, 0.25) is 0 Å². The van der Waals surface area contributed by atoms with E-state index in [-0.39, 0.29) is 11.2 Å². The summed E-state index contributed by atoms with van der Waals surface area (Å²) in [7, 11) is 0. The molecule has 2 fully saturated rings. The van der Waals surface area contributed by atoms with Gasteiger partial charge in [-0.25, -0.2) is 4.39 Å². The molecular weight excluding hydrogens is 339 g/mol. The molecule has 1 atom stereocenters. The van der Waals surface area contributed by atoms with Gasteiger partial charge in [0.05, 0.1) is 6.54 Å². The van der Waals surface area contributed by atoms with Gasteiger partial charge < -0.3 is 15.1 Å². The van der Waals surface area contributed by atoms with Crippen LogP contribution in [0.4, 0.5) is 4.39 Å². The number of aliphatic imine (C=N–C) groups is 1. The lowest BCUT2D eigenvalue weighted by Gasteiger charge is -2.27. The first kappa shape index (κ1) is 20.1. The van der Waals surface area contributed by atoms with E-state index in [0.29, 0.717) is 6.54 Å². The molecule has 0 spiro atoms. The minimum atomic E-state index is -0.197. The van der Waals surface area contributed by atoms with Crippen LogP contribution in [0.15, 0.2) is 29.3 Å². The summed E-state index contributed by atoms with van der Waals surface area (Å²) in [6.07, 6.45) is 3.96. The number of hydrogen-bond donors (Lipinski definition) is 1. The molecule has 0 amide bonds. The number of halogens is 1. The molecule has 3 rings (SSSR count). The molecule has 1 unspecified atom stereocenters. The third-order valence-electron chi connectivity index (χ3n) is 5.87. The van der Waals surface area contributed by atoms with E-state index < -0.39 is 0 Å². The van der Waals surface area contributed by atoms with Crippen molar-refractivity contribution in [2.45, 2.75) is 45.4 Å². The van der Waals surface area contributed by atoms with Crippen molar-refractivity contribution in [1.29, 1.82) is 0 Å². The van der Waals surface area contributed by atoms with Crippen molar-refractivity contribution in [2.24, 2.45) is 10.9 Å². The zero-order chi connectivity index (χ0) is 19.3. The summed E-state index contributed by atoms with van der Waals surface area (Å²) >= 11 is 0. The second-order valence-electron chi connectivity index (χ2n) is 8.67. The van der Waals surface area contributed by atoms with Gasteiger partial charge in [-0.3, -0.25) is 4.99 Å². The number of rotatable bonds is 6. The summed E-state index contributed by atoms with van der Waals surface area (Å²) in [6, 6.07) is 6.90. The highest BCUT2D eigenvalue weighted by Crippen LogP contribution is 2.25. The monoisotopic (exact) mass is 374 g/mol. The van der Waals surface area contributed by atoms with Gasteiger partial charge in [0.2, 0.25) is 0 Å². The van der Waals surface area contributed by atoms with Crippen molar-refractivity contribution >= 4 is 5.96 Å². The molecule has 1 N–H and O–H groups in total. The van der Waals surface area contributed by atoms with Crippen LogP contribution in [0.5, 0.6) is 0 Å². The minimum Gasteiger partial charge on any atom is -0.357 e. The number of hydrogen-bond acceptors (Lipinski definition) is 2. The van der Waals surface area contributed by atoms with Crippen molar-refractivity contribution in [2.75, 3.05) is 45.8 Å². The first-order valence-electron chi connectivity index (χ1n) is 10.5. The molecule has 2 aliphatic heterocycles. The van der Waals surface area contributed by atoms with Crippen LogP contribution in [0.3, 0.4) is 0 Å². The average Bonchev–Trinajstić information content (AvgIpc) is 3.31. The first-order chi connectivity index (χ1) is 13.0. The van der Waals surface area contributed by atoms with Crippen molar-refractivity contribution < 1.29 is 4.39 Å². The van der Waals surface area contributed by atoms with Gasteiger partial charge in [-0.05, 0) is 62.9 Å². The summed E-state index contributed by atoms with van der Waals surface area (Å²) in [5.41, 5.74) is 0.799. The van der Waals surface area contributed by atoms with E-state index in [1.165, 1.54) is 45.0 Å². The molecule has 0 aliphatic carbocycles. The van der Waals surface area contributed by atoms with Gasteiger partial charge in [-0.2, -0.15) is 0 Å². The Morgan fingerprint density at radius 2 is 2.04 bits per heavy atom. The van der Waals surface area contributed by atoms with Crippen LogP contribution in [0, 0.1) is 11.7 Å². The fourth-order valence-electron chi connectivity index (χ4n) is 4.20. The topological polar surface area (TPSA) is 30.9 Å². The van der Waals surface area contributed by atoms with Crippen LogP contribution < -0.4 is 5.32 Å². The fourth-order valence-corrected chi connectivity index (χ4v) is 4.20. The number of nitrogens with one attached hydrogen (secondary N) is 1. The van der Waals surface area contributed by atoms with Crippen molar-refractivity contribution in [3.63, 3.8) is 0 Å². The predicted molar refractivity (Wildman–Crippen MR) is 111 cm³/mol. The molecule has 27 heavy (non-hydrogen) atoms. The standard InChI is InChI=1S/C22H35FN4/c1-4-24-21(25-17-22(2,3)19-8-7-9-20(23)14-19)27-13-10-18(16-27)15-26-11-5-6-12-26/h7-9,14,18H,4-6,10-13,15-17H2,1-3H3,(H,24,25). The van der Waals surface area contributed by atoms with Crippen LogP contribution in [0.25, 0.3) is 0 Å². The highest BCUT2D eigenvalue weighted by Gasteiger charge is 2.28. The first-order valence-corrected chi connectivity index (χ1v) is 10.5. The second kappa shape index (κ2) is 9.05. The van der Waals surface area contributed by atoms with E-state index in [0.717, 1.165) is 37.1 Å². The zero-order valence-corrected chi connectivity index (χ0v) is 17.2. The highest BCUT2D eigenvalue weighted by molar-refractivity contribution is 5.80. The van der Waals surface area contributed by atoms with Crippen molar-refractivity contribution in [3.8, 4) is 0 Å². The van der Waals surface area contributed by atoms with Gasteiger partial charge >= 0.3 is 0 Å². The maximum atomic E-state index is 13.6. The number of nitrogens with zero attached hydrogens (tertiary/aromatic N) is 3. The third kappa shape index (κ3) is 5.44. The van der Waals surface area contributed by atoms with E-state index in [4.69, 9.17) is 4.99 Å². The molecule has 0 bridgehead atoms. The maximum Gasteiger partial charge on any atom is 0.193 e. The van der Waals surface area contributed by atoms with Crippen molar-refractivity contribution in [3.05, 3.63) is 35.6 Å². The van der Waals surface area contributed by atoms with Gasteiger partial charge in [-0.15, -0.1) is 0 Å². The smallest absolute Gasteiger partial charge is 0.193 e. The van der Waals surface area contributed by atoms with E-state index in [2.05, 4.69) is 35.9 Å². The van der Waals surface area contributed by atoms with Crippen LogP contribution in [0.1, 0.15) is 45.6 Å². The van der Waals surface area contributed by atoms with E-state index in [1.54, 1.807) is 12.1 Å². The lowest BCUT2D eigenvalue weighted by molar-refractivity contribution is 0.281. The highest BCUT2D eigenvalue weighted by atomic mass is 19.1. The molecule has 0 radical (unpaired) electrons. The molecule has 4 nitrogen and oxygen atoms in total. The van der Waals surface area contributed by atoms with Gasteiger partial charge in [0.1, 0.15) is 5.82 Å². The molecule has 5 heteroatoms. The Balaban J connectivity index is 1.62. The summed E-state index contributed by atoms with van der Waals surface area (Å²) in [4.78, 5) is 9.96. The number of likely N-dealkylation sites (tertiary alicyclic amines) is 2. The number of guanidine groups is 1. The summed E-state index contributed by atoms with van der Waals surface area (Å²) < 4.78 is 13.6. The largest absolute Gasteiger partial charge is 0.357 e. The molecule has 2 heterocycles. The van der Waals surface area contributed by atoms with Crippen LogP contribution in [-0.2, 0) is 5.41 Å².